The third kappa shape index (κ3) is 2.92. The summed E-state index contributed by atoms with van der Waals surface area (Å²) in [5.74, 6) is -0.0118. The van der Waals surface area contributed by atoms with Crippen molar-refractivity contribution in [3.63, 3.8) is 0 Å². The van der Waals surface area contributed by atoms with Gasteiger partial charge in [-0.1, -0.05) is 83.9 Å². The lowest BCUT2D eigenvalue weighted by atomic mass is 9.94. The Morgan fingerprint density at radius 3 is 2.14 bits per heavy atom. The quantitative estimate of drug-likeness (QED) is 0.548. The predicted molar refractivity (Wildman–Crippen MR) is 91.8 cm³/mol. The molecule has 0 heterocycles. The molecule has 3 aromatic carbocycles. The number of ketones is 1. The monoisotopic (exact) mass is 326 g/mol. The Balaban J connectivity index is 2.11. The summed E-state index contributed by atoms with van der Waals surface area (Å²) in [7, 11) is 0. The van der Waals surface area contributed by atoms with Gasteiger partial charge in [0.05, 0.1) is 10.0 Å². The highest BCUT2D eigenvalue weighted by Gasteiger charge is 2.14. The number of carbonyl (C=O) groups excluding carboxylic acids is 1. The molecule has 0 radical (unpaired) electrons. The number of rotatable bonds is 3. The third-order valence-electron chi connectivity index (χ3n) is 3.44. The van der Waals surface area contributed by atoms with Crippen molar-refractivity contribution >= 4 is 29.0 Å². The van der Waals surface area contributed by atoms with Crippen molar-refractivity contribution in [1.82, 2.24) is 0 Å². The fourth-order valence-electron chi connectivity index (χ4n) is 2.34. The fourth-order valence-corrected chi connectivity index (χ4v) is 2.64. The number of halogens is 2. The van der Waals surface area contributed by atoms with E-state index in [-0.39, 0.29) is 5.78 Å². The van der Waals surface area contributed by atoms with Gasteiger partial charge in [0, 0.05) is 11.1 Å². The molecular formula is C19H12Cl2O. The molecule has 0 N–H and O–H groups in total. The lowest BCUT2D eigenvalue weighted by molar-refractivity contribution is 0.103. The maximum absolute atomic E-state index is 12.7. The molecule has 0 aliphatic heterocycles. The number of benzene rings is 3. The van der Waals surface area contributed by atoms with Crippen molar-refractivity contribution < 1.29 is 4.79 Å². The minimum absolute atomic E-state index is 0.0118. The molecule has 3 heteroatoms. The molecule has 0 aliphatic carbocycles. The second-order valence-corrected chi connectivity index (χ2v) is 5.68. The lowest BCUT2D eigenvalue weighted by Gasteiger charge is -2.10. The Morgan fingerprint density at radius 1 is 0.727 bits per heavy atom. The van der Waals surface area contributed by atoms with Gasteiger partial charge in [-0.3, -0.25) is 4.79 Å². The van der Waals surface area contributed by atoms with E-state index in [0.29, 0.717) is 21.2 Å². The maximum atomic E-state index is 12.7. The second kappa shape index (κ2) is 6.35. The zero-order valence-corrected chi connectivity index (χ0v) is 13.1. The molecule has 0 aliphatic rings. The van der Waals surface area contributed by atoms with Gasteiger partial charge < -0.3 is 0 Å². The van der Waals surface area contributed by atoms with Crippen molar-refractivity contribution in [1.29, 1.82) is 0 Å². The van der Waals surface area contributed by atoms with Crippen molar-refractivity contribution in [3.8, 4) is 11.1 Å². The molecule has 0 fully saturated rings. The van der Waals surface area contributed by atoms with Crippen LogP contribution in [0.3, 0.4) is 0 Å². The first-order valence-corrected chi connectivity index (χ1v) is 7.56. The molecule has 22 heavy (non-hydrogen) atoms. The summed E-state index contributed by atoms with van der Waals surface area (Å²) in [5, 5.41) is 0.971. The van der Waals surface area contributed by atoms with Crippen molar-refractivity contribution in [2.45, 2.75) is 0 Å². The summed E-state index contributed by atoms with van der Waals surface area (Å²) in [6, 6.07) is 22.1. The molecule has 0 aromatic heterocycles. The van der Waals surface area contributed by atoms with Crippen LogP contribution in [0.2, 0.25) is 10.0 Å². The largest absolute Gasteiger partial charge is 0.289 e. The Hall–Kier alpha value is -2.09. The third-order valence-corrected chi connectivity index (χ3v) is 4.18. The van der Waals surface area contributed by atoms with Crippen LogP contribution in [0.1, 0.15) is 15.9 Å². The van der Waals surface area contributed by atoms with Gasteiger partial charge in [0.25, 0.3) is 0 Å². The maximum Gasteiger partial charge on any atom is 0.193 e. The first-order valence-electron chi connectivity index (χ1n) is 6.81. The Morgan fingerprint density at radius 2 is 1.41 bits per heavy atom. The SMILES string of the molecule is O=C(c1ccccc1)c1ccccc1-c1ccc(Cl)c(Cl)c1. The minimum atomic E-state index is -0.0118. The van der Waals surface area contributed by atoms with Crippen LogP contribution in [0.15, 0.2) is 72.8 Å². The average Bonchev–Trinajstić information content (AvgIpc) is 2.57. The van der Waals surface area contributed by atoms with Crippen LogP contribution in [0.4, 0.5) is 0 Å². The van der Waals surface area contributed by atoms with Crippen LogP contribution in [0.5, 0.6) is 0 Å². The summed E-state index contributed by atoms with van der Waals surface area (Å²) in [6.45, 7) is 0. The summed E-state index contributed by atoms with van der Waals surface area (Å²) in [6.07, 6.45) is 0. The molecule has 0 amide bonds. The molecule has 0 bridgehead atoms. The van der Waals surface area contributed by atoms with E-state index in [0.717, 1.165) is 11.1 Å². The van der Waals surface area contributed by atoms with Gasteiger partial charge in [0.15, 0.2) is 5.78 Å². The molecule has 0 saturated heterocycles. The van der Waals surface area contributed by atoms with E-state index in [1.807, 2.05) is 60.7 Å². The lowest BCUT2D eigenvalue weighted by Crippen LogP contribution is -2.03. The van der Waals surface area contributed by atoms with Gasteiger partial charge in [0.1, 0.15) is 0 Å². The van der Waals surface area contributed by atoms with Crippen LogP contribution in [-0.4, -0.2) is 5.78 Å². The van der Waals surface area contributed by atoms with Crippen LogP contribution >= 0.6 is 23.2 Å². The molecule has 0 unspecified atom stereocenters. The van der Waals surface area contributed by atoms with E-state index >= 15 is 0 Å². The normalized spacial score (nSPS) is 10.5. The van der Waals surface area contributed by atoms with E-state index in [9.17, 15) is 4.79 Å². The van der Waals surface area contributed by atoms with E-state index in [1.165, 1.54) is 0 Å². The first kappa shape index (κ1) is 14.8. The van der Waals surface area contributed by atoms with Gasteiger partial charge in [-0.15, -0.1) is 0 Å². The molecule has 0 atom stereocenters. The molecule has 3 rings (SSSR count). The number of hydrogen-bond donors (Lipinski definition) is 0. The van der Waals surface area contributed by atoms with Gasteiger partial charge in [-0.25, -0.2) is 0 Å². The highest BCUT2D eigenvalue weighted by Crippen LogP contribution is 2.31. The van der Waals surface area contributed by atoms with E-state index in [4.69, 9.17) is 23.2 Å². The summed E-state index contributed by atoms with van der Waals surface area (Å²) >= 11 is 12.1. The Kier molecular flexibility index (Phi) is 4.28. The summed E-state index contributed by atoms with van der Waals surface area (Å²) in [5.41, 5.74) is 3.02. The van der Waals surface area contributed by atoms with Crippen molar-refractivity contribution in [2.24, 2.45) is 0 Å². The minimum Gasteiger partial charge on any atom is -0.289 e. The summed E-state index contributed by atoms with van der Waals surface area (Å²) in [4.78, 5) is 12.7. The van der Waals surface area contributed by atoms with Crippen LogP contribution < -0.4 is 0 Å². The molecule has 0 spiro atoms. The van der Waals surface area contributed by atoms with E-state index in [1.54, 1.807) is 12.1 Å². The molecule has 3 aromatic rings. The van der Waals surface area contributed by atoms with Gasteiger partial charge in [-0.2, -0.15) is 0 Å². The predicted octanol–water partition coefficient (Wildman–Crippen LogP) is 5.89. The first-order chi connectivity index (χ1) is 10.7. The van der Waals surface area contributed by atoms with Crippen LogP contribution in [0, 0.1) is 0 Å². The molecule has 108 valence electrons. The zero-order chi connectivity index (χ0) is 15.5. The highest BCUT2D eigenvalue weighted by molar-refractivity contribution is 6.42. The van der Waals surface area contributed by atoms with E-state index < -0.39 is 0 Å². The topological polar surface area (TPSA) is 17.1 Å². The van der Waals surface area contributed by atoms with Crippen molar-refractivity contribution in [2.75, 3.05) is 0 Å². The zero-order valence-electron chi connectivity index (χ0n) is 11.6. The number of hydrogen-bond acceptors (Lipinski definition) is 1. The number of carbonyl (C=O) groups is 1. The van der Waals surface area contributed by atoms with Gasteiger partial charge in [0.2, 0.25) is 0 Å². The standard InChI is InChI=1S/C19H12Cl2O/c20-17-11-10-14(12-18(17)21)15-8-4-5-9-16(15)19(22)13-6-2-1-3-7-13/h1-12H. The smallest absolute Gasteiger partial charge is 0.193 e. The van der Waals surface area contributed by atoms with Crippen LogP contribution in [0.25, 0.3) is 11.1 Å². The Bertz CT molecular complexity index is 826. The van der Waals surface area contributed by atoms with Gasteiger partial charge >= 0.3 is 0 Å². The fraction of sp³-hybridized carbons (Fsp3) is 0. The Labute approximate surface area is 139 Å². The summed E-state index contributed by atoms with van der Waals surface area (Å²) < 4.78 is 0. The van der Waals surface area contributed by atoms with Gasteiger partial charge in [-0.05, 0) is 23.3 Å². The average molecular weight is 327 g/mol. The highest BCUT2D eigenvalue weighted by atomic mass is 35.5. The van der Waals surface area contributed by atoms with Crippen LogP contribution in [-0.2, 0) is 0 Å². The molecule has 1 nitrogen and oxygen atoms in total. The molecular weight excluding hydrogens is 315 g/mol. The van der Waals surface area contributed by atoms with Crippen molar-refractivity contribution in [3.05, 3.63) is 94.0 Å². The second-order valence-electron chi connectivity index (χ2n) is 4.87. The van der Waals surface area contributed by atoms with E-state index in [2.05, 4.69) is 0 Å². The molecule has 0 saturated carbocycles.